The van der Waals surface area contributed by atoms with E-state index in [1.165, 1.54) is 89.9 Å². The number of nitrogens with one attached hydrogen (secondary N) is 1. The smallest absolute Gasteiger partial charge is 0.220 e. The Labute approximate surface area is 582 Å². The van der Waals surface area contributed by atoms with E-state index in [4.69, 9.17) is 28.4 Å². The van der Waals surface area contributed by atoms with Crippen LogP contribution in [0.3, 0.4) is 0 Å². The minimum absolute atomic E-state index is 0.210. The fraction of sp³-hybridized carbons (Fsp3) is 0.731. The van der Waals surface area contributed by atoms with Crippen molar-refractivity contribution in [2.24, 2.45) is 0 Å². The molecule has 0 bridgehead atoms. The highest BCUT2D eigenvalue weighted by molar-refractivity contribution is 5.76. The molecule has 3 aliphatic rings. The van der Waals surface area contributed by atoms with E-state index in [0.29, 0.717) is 12.8 Å². The molecule has 12 N–H and O–H groups in total. The normalized spacial score (nSPS) is 27.6. The molecular formula is C78H131NO18. The van der Waals surface area contributed by atoms with Crippen molar-refractivity contribution in [3.63, 3.8) is 0 Å². The van der Waals surface area contributed by atoms with Crippen LogP contribution < -0.4 is 5.32 Å². The van der Waals surface area contributed by atoms with Crippen LogP contribution in [0.15, 0.2) is 122 Å². The van der Waals surface area contributed by atoms with Gasteiger partial charge in [-0.15, -0.1) is 0 Å². The second kappa shape index (κ2) is 57.8. The molecule has 0 aliphatic carbocycles. The Bertz CT molecular complexity index is 2230. The summed E-state index contributed by atoms with van der Waals surface area (Å²) >= 11 is 0. The number of carbonyl (C=O) groups excluding carboxylic acids is 1. The van der Waals surface area contributed by atoms with Crippen molar-refractivity contribution in [1.82, 2.24) is 5.32 Å². The molecular weight excluding hydrogens is 1240 g/mol. The highest BCUT2D eigenvalue weighted by atomic mass is 16.8. The number of hydrogen-bond acceptors (Lipinski definition) is 18. The lowest BCUT2D eigenvalue weighted by molar-refractivity contribution is -0.379. The first-order chi connectivity index (χ1) is 47.3. The summed E-state index contributed by atoms with van der Waals surface area (Å²) in [4.78, 5) is 13.4. The molecule has 17 atom stereocenters. The van der Waals surface area contributed by atoms with Crippen LogP contribution in [0, 0.1) is 0 Å². The molecule has 3 saturated heterocycles. The minimum atomic E-state index is -1.99. The SMILES string of the molecule is CC/C=C\C/C=C\C/C=C\C/C=C\C/C=C\C/C=C\C/C=C\C/C=C\CCCCCCCCC(=O)NC(COC1OC(CO)C(OC2OC(CO)C(OC3OC(CO)C(O)C(O)C3O)C(O)C2O)C(O)C1O)C(O)/C=C/CC/C=C/CCCCCCCCCCCCCCCCC. The average Bonchev–Trinajstić information content (AvgIpc) is 0.798. The zero-order valence-corrected chi connectivity index (χ0v) is 59.0. The number of unbranched alkanes of at least 4 members (excludes halogenated alkanes) is 22. The zero-order valence-electron chi connectivity index (χ0n) is 59.0. The van der Waals surface area contributed by atoms with Crippen molar-refractivity contribution in [3.05, 3.63) is 122 Å². The summed E-state index contributed by atoms with van der Waals surface area (Å²) in [5.41, 5.74) is 0. The van der Waals surface area contributed by atoms with Crippen molar-refractivity contribution >= 4 is 5.91 Å². The highest BCUT2D eigenvalue weighted by Gasteiger charge is 2.53. The van der Waals surface area contributed by atoms with E-state index >= 15 is 0 Å². The van der Waals surface area contributed by atoms with E-state index < -0.39 is 124 Å². The van der Waals surface area contributed by atoms with E-state index in [9.17, 15) is 61.0 Å². The molecule has 0 spiro atoms. The molecule has 0 saturated carbocycles. The maximum absolute atomic E-state index is 13.4. The minimum Gasteiger partial charge on any atom is -0.394 e. The van der Waals surface area contributed by atoms with Crippen molar-refractivity contribution in [1.29, 1.82) is 0 Å². The summed E-state index contributed by atoms with van der Waals surface area (Å²) in [6, 6.07) is -1.01. The van der Waals surface area contributed by atoms with E-state index in [2.05, 4.69) is 129 Å². The van der Waals surface area contributed by atoms with Gasteiger partial charge in [0.05, 0.1) is 38.6 Å². The predicted molar refractivity (Wildman–Crippen MR) is 383 cm³/mol. The molecule has 17 unspecified atom stereocenters. The molecule has 97 heavy (non-hydrogen) atoms. The largest absolute Gasteiger partial charge is 0.394 e. The topological polar surface area (TPSA) is 307 Å². The van der Waals surface area contributed by atoms with Gasteiger partial charge in [-0.05, 0) is 96.3 Å². The number of aliphatic hydroxyl groups is 11. The highest BCUT2D eigenvalue weighted by Crippen LogP contribution is 2.33. The first-order valence-corrected chi connectivity index (χ1v) is 37.3. The van der Waals surface area contributed by atoms with Crippen LogP contribution in [0.4, 0.5) is 0 Å². The Hall–Kier alpha value is -3.81. The lowest BCUT2D eigenvalue weighted by Crippen LogP contribution is -2.66. The van der Waals surface area contributed by atoms with Crippen LogP contribution in [0.25, 0.3) is 0 Å². The Morgan fingerprint density at radius 3 is 1.15 bits per heavy atom. The number of amides is 1. The maximum Gasteiger partial charge on any atom is 0.220 e. The van der Waals surface area contributed by atoms with Gasteiger partial charge in [0.15, 0.2) is 18.9 Å². The van der Waals surface area contributed by atoms with E-state index in [1.807, 2.05) is 6.08 Å². The number of carbonyl (C=O) groups is 1. The number of aliphatic hydroxyl groups excluding tert-OH is 11. The molecule has 3 heterocycles. The van der Waals surface area contributed by atoms with Crippen molar-refractivity contribution in [2.75, 3.05) is 26.4 Å². The van der Waals surface area contributed by atoms with Crippen molar-refractivity contribution in [3.8, 4) is 0 Å². The van der Waals surface area contributed by atoms with E-state index in [1.54, 1.807) is 6.08 Å². The molecule has 556 valence electrons. The number of rotatable bonds is 56. The van der Waals surface area contributed by atoms with Gasteiger partial charge in [-0.2, -0.15) is 0 Å². The third kappa shape index (κ3) is 38.7. The summed E-state index contributed by atoms with van der Waals surface area (Å²) < 4.78 is 34.4. The van der Waals surface area contributed by atoms with Crippen LogP contribution in [0.1, 0.15) is 232 Å². The summed E-state index contributed by atoms with van der Waals surface area (Å²) in [5, 5.41) is 121. The van der Waals surface area contributed by atoms with E-state index in [-0.39, 0.29) is 18.9 Å². The summed E-state index contributed by atoms with van der Waals surface area (Å²) in [6.45, 7) is 1.59. The zero-order chi connectivity index (χ0) is 70.4. The lowest BCUT2D eigenvalue weighted by Gasteiger charge is -2.48. The Morgan fingerprint density at radius 2 is 0.722 bits per heavy atom. The standard InChI is InChI=1S/C78H131NO18/c1-3-5-7-9-11-13-15-17-19-21-23-25-26-27-28-29-30-31-32-33-34-36-38-40-42-44-46-48-50-52-54-56-66(84)79-61(62(83)55-53-51-49-47-45-43-41-39-37-35-24-22-20-18-16-14-12-10-8-6-4-2)60-92-76-72(90)69(87)74(64(58-81)94-76)97-78-73(91)70(88)75(65(59-82)95-78)96-77-71(89)68(86)67(85)63(57-80)93-77/h5,7,11,13,17,19,23,25,27-28,30-31,33-34,38,40,45,47,53,55,61-65,67-78,80-83,85-91H,3-4,6,8-10,12,14-16,18,20-22,24,26,29,32,35-37,39,41-44,46,48-52,54,56-60H2,1-2H3,(H,79,84)/b7-5-,13-11-,19-17-,25-23-,28-27-,31-30-,34-33-,40-38-,47-45+,55-53+. The molecule has 0 aromatic carbocycles. The maximum atomic E-state index is 13.4. The molecule has 19 nitrogen and oxygen atoms in total. The first kappa shape index (κ1) is 87.4. The molecule has 3 rings (SSSR count). The van der Waals surface area contributed by atoms with Gasteiger partial charge >= 0.3 is 0 Å². The van der Waals surface area contributed by atoms with Gasteiger partial charge in [0.25, 0.3) is 0 Å². The fourth-order valence-electron chi connectivity index (χ4n) is 11.8. The fourth-order valence-corrected chi connectivity index (χ4v) is 11.8. The van der Waals surface area contributed by atoms with Crippen LogP contribution in [0.2, 0.25) is 0 Å². The van der Waals surface area contributed by atoms with Crippen molar-refractivity contribution < 1.29 is 89.4 Å². The molecule has 0 radical (unpaired) electrons. The average molecular weight is 1370 g/mol. The molecule has 3 aliphatic heterocycles. The lowest BCUT2D eigenvalue weighted by atomic mass is 9.96. The second-order valence-corrected chi connectivity index (χ2v) is 26.0. The van der Waals surface area contributed by atoms with Crippen LogP contribution in [-0.2, 0) is 33.2 Å². The second-order valence-electron chi connectivity index (χ2n) is 26.0. The number of hydrogen-bond donors (Lipinski definition) is 12. The van der Waals surface area contributed by atoms with Gasteiger partial charge in [0.1, 0.15) is 73.2 Å². The van der Waals surface area contributed by atoms with Gasteiger partial charge < -0.3 is 89.9 Å². The van der Waals surface area contributed by atoms with Crippen molar-refractivity contribution in [2.45, 2.75) is 336 Å². The monoisotopic (exact) mass is 1370 g/mol. The molecule has 3 fully saturated rings. The van der Waals surface area contributed by atoms with Gasteiger partial charge in [0, 0.05) is 6.42 Å². The Morgan fingerprint density at radius 1 is 0.381 bits per heavy atom. The third-order valence-corrected chi connectivity index (χ3v) is 17.7. The molecule has 1 amide bonds. The van der Waals surface area contributed by atoms with Crippen LogP contribution in [-0.4, -0.2) is 193 Å². The Balaban J connectivity index is 1.43. The molecule has 0 aromatic rings. The summed E-state index contributed by atoms with van der Waals surface area (Å²) in [7, 11) is 0. The molecule has 19 heteroatoms. The van der Waals surface area contributed by atoms with Crippen LogP contribution in [0.5, 0.6) is 0 Å². The summed E-state index contributed by atoms with van der Waals surface area (Å²) in [6.07, 6.45) is 53.1. The quantitative estimate of drug-likeness (QED) is 0.0199. The third-order valence-electron chi connectivity index (χ3n) is 17.7. The van der Waals surface area contributed by atoms with E-state index in [0.717, 1.165) is 109 Å². The molecule has 0 aromatic heterocycles. The predicted octanol–water partition coefficient (Wildman–Crippen LogP) is 11.2. The van der Waals surface area contributed by atoms with Gasteiger partial charge in [0.2, 0.25) is 5.91 Å². The number of allylic oxidation sites excluding steroid dienone is 19. The first-order valence-electron chi connectivity index (χ1n) is 37.3. The van der Waals surface area contributed by atoms with Gasteiger partial charge in [-0.3, -0.25) is 4.79 Å². The summed E-state index contributed by atoms with van der Waals surface area (Å²) in [5.74, 6) is -0.304. The number of ether oxygens (including phenoxy) is 6. The van der Waals surface area contributed by atoms with Gasteiger partial charge in [-0.1, -0.05) is 251 Å². The Kier molecular flexibility index (Phi) is 52.1. The van der Waals surface area contributed by atoms with Crippen LogP contribution >= 0.6 is 0 Å². The van der Waals surface area contributed by atoms with Gasteiger partial charge in [-0.25, -0.2) is 0 Å².